The highest BCUT2D eigenvalue weighted by Crippen LogP contribution is 2.41. The normalized spacial score (nSPS) is 15.8. The Kier molecular flexibility index (Phi) is 11.6. The van der Waals surface area contributed by atoms with Crippen molar-refractivity contribution < 1.29 is 33.7 Å². The number of nitrogens with one attached hydrogen (secondary N) is 1. The van der Waals surface area contributed by atoms with E-state index in [1.807, 2.05) is 66.7 Å². The Morgan fingerprint density at radius 1 is 0.883 bits per heavy atom. The number of ether oxygens (including phenoxy) is 3. The zero-order valence-corrected chi connectivity index (χ0v) is 33.3. The SMILES string of the molecule is N#Cc1ccc(-c2ccc(C[C@H](NC(=O)[C@@H]3Cc4cc5c(cc4CN3C(=O)c3cnccn3)OC(c3ccc(OCc4ccc(Cl)c(Cl)c4)cc3)CO5)C(=O)O)cc2)cc1. The molecule has 2 amide bonds. The summed E-state index contributed by atoms with van der Waals surface area (Å²) in [6, 6.07) is 30.7. The second-order valence-corrected chi connectivity index (χ2v) is 15.1. The van der Waals surface area contributed by atoms with Crippen LogP contribution in [0.4, 0.5) is 0 Å². The molecule has 3 atom stereocenters. The monoisotopic (exact) mass is 839 g/mol. The van der Waals surface area contributed by atoms with Crippen LogP contribution in [0.5, 0.6) is 17.2 Å². The third-order valence-electron chi connectivity index (χ3n) is 10.4. The minimum atomic E-state index is -1.28. The molecule has 8 rings (SSSR count). The van der Waals surface area contributed by atoms with Crippen LogP contribution in [0.15, 0.2) is 122 Å². The van der Waals surface area contributed by atoms with Crippen molar-refractivity contribution in [3.8, 4) is 34.4 Å². The Hall–Kier alpha value is -6.94. The number of amides is 2. The quantitative estimate of drug-likeness (QED) is 0.132. The molecule has 6 aromatic rings. The Balaban J connectivity index is 0.974. The van der Waals surface area contributed by atoms with E-state index >= 15 is 0 Å². The summed E-state index contributed by atoms with van der Waals surface area (Å²) in [5, 5.41) is 23.0. The van der Waals surface area contributed by atoms with Crippen LogP contribution in [0.3, 0.4) is 0 Å². The van der Waals surface area contributed by atoms with E-state index in [4.69, 9.17) is 42.7 Å². The van der Waals surface area contributed by atoms with Crippen LogP contribution in [0.2, 0.25) is 10.0 Å². The first-order valence-corrected chi connectivity index (χ1v) is 19.7. The average Bonchev–Trinajstić information content (AvgIpc) is 3.28. The molecule has 0 fully saturated rings. The van der Waals surface area contributed by atoms with Crippen molar-refractivity contribution in [3.05, 3.63) is 171 Å². The molecule has 60 heavy (non-hydrogen) atoms. The van der Waals surface area contributed by atoms with Crippen molar-refractivity contribution in [1.29, 1.82) is 5.26 Å². The molecule has 0 radical (unpaired) electrons. The maximum atomic E-state index is 14.1. The number of nitriles is 1. The number of benzene rings is 5. The van der Waals surface area contributed by atoms with E-state index in [0.717, 1.165) is 33.4 Å². The fraction of sp³-hybridized carbons (Fsp3) is 0.174. The van der Waals surface area contributed by atoms with E-state index in [9.17, 15) is 19.5 Å². The molecule has 2 aliphatic rings. The van der Waals surface area contributed by atoms with E-state index < -0.39 is 36.0 Å². The Bertz CT molecular complexity index is 2600. The molecule has 0 saturated heterocycles. The molecule has 300 valence electrons. The smallest absolute Gasteiger partial charge is 0.326 e. The van der Waals surface area contributed by atoms with Gasteiger partial charge in [0.1, 0.15) is 36.7 Å². The van der Waals surface area contributed by atoms with Gasteiger partial charge < -0.3 is 29.5 Å². The minimum Gasteiger partial charge on any atom is -0.489 e. The molecule has 14 heteroatoms. The molecule has 0 spiro atoms. The Morgan fingerprint density at radius 3 is 2.28 bits per heavy atom. The summed E-state index contributed by atoms with van der Waals surface area (Å²) in [4.78, 5) is 50.2. The summed E-state index contributed by atoms with van der Waals surface area (Å²) >= 11 is 12.2. The van der Waals surface area contributed by atoms with Gasteiger partial charge in [-0.3, -0.25) is 14.6 Å². The molecule has 0 aliphatic carbocycles. The van der Waals surface area contributed by atoms with Gasteiger partial charge in [-0.05, 0) is 87.5 Å². The first-order valence-electron chi connectivity index (χ1n) is 18.9. The van der Waals surface area contributed by atoms with Crippen LogP contribution < -0.4 is 19.5 Å². The zero-order chi connectivity index (χ0) is 41.8. The second-order valence-electron chi connectivity index (χ2n) is 14.3. The van der Waals surface area contributed by atoms with E-state index in [1.54, 1.807) is 36.4 Å². The molecule has 12 nitrogen and oxygen atoms in total. The van der Waals surface area contributed by atoms with Crippen LogP contribution in [0.1, 0.15) is 50.0 Å². The minimum absolute atomic E-state index is 0.00444. The maximum absolute atomic E-state index is 14.1. The summed E-state index contributed by atoms with van der Waals surface area (Å²) < 4.78 is 18.6. The van der Waals surface area contributed by atoms with Crippen molar-refractivity contribution in [2.24, 2.45) is 0 Å². The lowest BCUT2D eigenvalue weighted by molar-refractivity contribution is -0.142. The molecule has 1 unspecified atom stereocenters. The first kappa shape index (κ1) is 39.9. The van der Waals surface area contributed by atoms with Gasteiger partial charge in [-0.2, -0.15) is 5.26 Å². The maximum Gasteiger partial charge on any atom is 0.326 e. The number of carbonyl (C=O) groups is 3. The van der Waals surface area contributed by atoms with Gasteiger partial charge in [0, 0.05) is 31.8 Å². The standard InChI is InChI=1S/C46H35Cl2N5O7/c47-36-14-5-29(17-37(36)48)25-58-35-12-10-32(11-13-35)43-26-59-41-20-33-19-40(53(24-34(33)21-42(41)60-43)45(55)39-23-50-15-16-51-39)44(54)52-38(46(56)57)18-27-1-6-30(7-2-27)31-8-3-28(22-49)4-9-31/h1-17,20-21,23,38,40,43H,18-19,24-26H2,(H,52,54)(H,56,57)/t38-,40-,43?/m0/s1. The van der Waals surface area contributed by atoms with Crippen molar-refractivity contribution in [1.82, 2.24) is 20.2 Å². The molecule has 5 aromatic carbocycles. The van der Waals surface area contributed by atoms with Crippen molar-refractivity contribution >= 4 is 41.0 Å². The third kappa shape index (κ3) is 8.88. The largest absolute Gasteiger partial charge is 0.489 e. The zero-order valence-electron chi connectivity index (χ0n) is 31.8. The highest BCUT2D eigenvalue weighted by Gasteiger charge is 2.38. The number of carboxylic acid groups (broad SMARTS) is 1. The van der Waals surface area contributed by atoms with Gasteiger partial charge in [-0.25, -0.2) is 9.78 Å². The van der Waals surface area contributed by atoms with Crippen LogP contribution in [-0.4, -0.2) is 56.4 Å². The number of carbonyl (C=O) groups excluding carboxylic acids is 2. The highest BCUT2D eigenvalue weighted by atomic mass is 35.5. The second kappa shape index (κ2) is 17.5. The van der Waals surface area contributed by atoms with Gasteiger partial charge >= 0.3 is 5.97 Å². The summed E-state index contributed by atoms with van der Waals surface area (Å²) in [7, 11) is 0. The predicted molar refractivity (Wildman–Crippen MR) is 222 cm³/mol. The first-order chi connectivity index (χ1) is 29.1. The van der Waals surface area contributed by atoms with E-state index in [-0.39, 0.29) is 31.7 Å². The summed E-state index contributed by atoms with van der Waals surface area (Å²) in [5.41, 5.74) is 6.32. The van der Waals surface area contributed by atoms with Crippen LogP contribution in [0, 0.1) is 11.3 Å². The van der Waals surface area contributed by atoms with Crippen LogP contribution in [-0.2, 0) is 35.6 Å². The molecule has 0 bridgehead atoms. The van der Waals surface area contributed by atoms with Crippen molar-refractivity contribution in [2.75, 3.05) is 6.61 Å². The summed E-state index contributed by atoms with van der Waals surface area (Å²) in [5.74, 6) is -0.746. The van der Waals surface area contributed by atoms with Gasteiger partial charge in [0.2, 0.25) is 5.91 Å². The number of carboxylic acids is 1. The molecule has 0 saturated carbocycles. The van der Waals surface area contributed by atoms with Gasteiger partial charge in [-0.15, -0.1) is 0 Å². The number of aromatic nitrogens is 2. The lowest BCUT2D eigenvalue weighted by Gasteiger charge is -2.37. The van der Waals surface area contributed by atoms with Gasteiger partial charge in [0.05, 0.1) is 27.9 Å². The molecular weight excluding hydrogens is 805 g/mol. The number of fused-ring (bicyclic) bond motifs is 2. The molecule has 1 aromatic heterocycles. The lowest BCUT2D eigenvalue weighted by atomic mass is 9.91. The number of rotatable bonds is 11. The molecule has 2 aliphatic heterocycles. The molecular formula is C46H35Cl2N5O7. The topological polar surface area (TPSA) is 164 Å². The number of hydrogen-bond acceptors (Lipinski definition) is 9. The van der Waals surface area contributed by atoms with Crippen LogP contribution >= 0.6 is 23.2 Å². The van der Waals surface area contributed by atoms with E-state index in [0.29, 0.717) is 45.0 Å². The lowest BCUT2D eigenvalue weighted by Crippen LogP contribution is -2.56. The number of hydrogen-bond donors (Lipinski definition) is 2. The fourth-order valence-corrected chi connectivity index (χ4v) is 7.49. The highest BCUT2D eigenvalue weighted by molar-refractivity contribution is 6.42. The fourth-order valence-electron chi connectivity index (χ4n) is 7.17. The van der Waals surface area contributed by atoms with Crippen molar-refractivity contribution in [3.63, 3.8) is 0 Å². The Morgan fingerprint density at radius 2 is 1.60 bits per heavy atom. The Labute approximate surface area is 354 Å². The van der Waals surface area contributed by atoms with Gasteiger partial charge in [-0.1, -0.05) is 77.8 Å². The van der Waals surface area contributed by atoms with E-state index in [1.165, 1.54) is 23.5 Å². The average molecular weight is 841 g/mol. The molecule has 2 N–H and O–H groups in total. The predicted octanol–water partition coefficient (Wildman–Crippen LogP) is 7.79. The third-order valence-corrected chi connectivity index (χ3v) is 11.1. The number of nitrogens with zero attached hydrogens (tertiary/aromatic N) is 4. The van der Waals surface area contributed by atoms with Crippen molar-refractivity contribution in [2.45, 2.75) is 44.2 Å². The summed E-state index contributed by atoms with van der Waals surface area (Å²) in [6.45, 7) is 0.558. The van der Waals surface area contributed by atoms with Gasteiger partial charge in [0.25, 0.3) is 5.91 Å². The summed E-state index contributed by atoms with van der Waals surface area (Å²) in [6.07, 6.45) is 3.82. The molecule has 3 heterocycles. The number of halogens is 2. The van der Waals surface area contributed by atoms with Crippen LogP contribution in [0.25, 0.3) is 11.1 Å². The number of aliphatic carboxylic acids is 1. The van der Waals surface area contributed by atoms with Gasteiger partial charge in [0.15, 0.2) is 17.6 Å². The van der Waals surface area contributed by atoms with E-state index in [2.05, 4.69) is 21.4 Å².